The normalized spacial score (nSPS) is 17.2. The Morgan fingerprint density at radius 1 is 1.12 bits per heavy atom. The Kier molecular flexibility index (Phi) is 4.51. The number of benzene rings is 2. The lowest BCUT2D eigenvalue weighted by Crippen LogP contribution is -2.34. The van der Waals surface area contributed by atoms with Gasteiger partial charge in [-0.1, -0.05) is 31.2 Å². The van der Waals surface area contributed by atoms with Crippen LogP contribution in [0.3, 0.4) is 0 Å². The maximum atomic E-state index is 12.7. The molecule has 5 nitrogen and oxygen atoms in total. The number of imide groups is 1. The van der Waals surface area contributed by atoms with Crippen LogP contribution < -0.4 is 15.0 Å². The van der Waals surface area contributed by atoms with Gasteiger partial charge < -0.3 is 10.1 Å². The number of ether oxygens (including phenoxy) is 1. The highest BCUT2D eigenvalue weighted by atomic mass is 16.5. The van der Waals surface area contributed by atoms with Crippen LogP contribution in [0.25, 0.3) is 0 Å². The van der Waals surface area contributed by atoms with Crippen LogP contribution in [0.2, 0.25) is 0 Å². The fourth-order valence-corrected chi connectivity index (χ4v) is 2.85. The van der Waals surface area contributed by atoms with Gasteiger partial charge in [-0.15, -0.1) is 0 Å². The maximum absolute atomic E-state index is 12.7. The minimum absolute atomic E-state index is 0.131. The van der Waals surface area contributed by atoms with Crippen molar-refractivity contribution in [3.63, 3.8) is 0 Å². The minimum Gasteiger partial charge on any atom is -0.495 e. The summed E-state index contributed by atoms with van der Waals surface area (Å²) in [6.07, 6.45) is 1.05. The molecule has 0 radical (unpaired) electrons. The second-order valence-electron chi connectivity index (χ2n) is 5.69. The molecule has 1 saturated heterocycles. The molecule has 0 bridgehead atoms. The van der Waals surface area contributed by atoms with E-state index < -0.39 is 6.04 Å². The largest absolute Gasteiger partial charge is 0.495 e. The van der Waals surface area contributed by atoms with Crippen LogP contribution in [0.1, 0.15) is 18.9 Å². The zero-order chi connectivity index (χ0) is 17.1. The molecule has 2 aromatic carbocycles. The van der Waals surface area contributed by atoms with Crippen LogP contribution in [0.5, 0.6) is 5.75 Å². The molecular weight excluding hydrogens is 304 g/mol. The van der Waals surface area contributed by atoms with Gasteiger partial charge in [-0.2, -0.15) is 0 Å². The molecule has 0 aliphatic carbocycles. The van der Waals surface area contributed by atoms with E-state index in [2.05, 4.69) is 12.2 Å². The average Bonchev–Trinajstić information content (AvgIpc) is 2.89. The first-order valence-corrected chi connectivity index (χ1v) is 7.99. The number of nitrogens with zero attached hydrogens (tertiary/aromatic N) is 1. The molecule has 0 spiro atoms. The van der Waals surface area contributed by atoms with E-state index in [1.807, 2.05) is 48.5 Å². The van der Waals surface area contributed by atoms with Crippen molar-refractivity contribution in [1.29, 1.82) is 0 Å². The molecule has 1 atom stereocenters. The van der Waals surface area contributed by atoms with Crippen LogP contribution >= 0.6 is 0 Å². The van der Waals surface area contributed by atoms with Crippen LogP contribution in [-0.4, -0.2) is 25.0 Å². The van der Waals surface area contributed by atoms with E-state index in [0.29, 0.717) is 17.1 Å². The molecule has 0 aromatic heterocycles. The van der Waals surface area contributed by atoms with Crippen LogP contribution in [0.15, 0.2) is 48.5 Å². The van der Waals surface area contributed by atoms with E-state index in [1.165, 1.54) is 10.5 Å². The quantitative estimate of drug-likeness (QED) is 0.859. The number of para-hydroxylation sites is 2. The highest BCUT2D eigenvalue weighted by molar-refractivity contribution is 6.23. The SMILES string of the molecule is CCc1ccc(N2C(=O)C[C@@H](Nc3ccccc3OC)C2=O)cc1. The Labute approximate surface area is 141 Å². The van der Waals surface area contributed by atoms with Gasteiger partial charge in [-0.3, -0.25) is 9.59 Å². The van der Waals surface area contributed by atoms with E-state index in [0.717, 1.165) is 6.42 Å². The van der Waals surface area contributed by atoms with Gasteiger partial charge in [0.25, 0.3) is 5.91 Å². The lowest BCUT2D eigenvalue weighted by molar-refractivity contribution is -0.121. The topological polar surface area (TPSA) is 58.6 Å². The first kappa shape index (κ1) is 16.1. The lowest BCUT2D eigenvalue weighted by atomic mass is 10.1. The number of hydrogen-bond donors (Lipinski definition) is 1. The number of rotatable bonds is 5. The molecule has 124 valence electrons. The van der Waals surface area contributed by atoms with Crippen LogP contribution in [0.4, 0.5) is 11.4 Å². The predicted octanol–water partition coefficient (Wildman–Crippen LogP) is 3.00. The fourth-order valence-electron chi connectivity index (χ4n) is 2.85. The van der Waals surface area contributed by atoms with Crippen molar-refractivity contribution in [3.05, 3.63) is 54.1 Å². The van der Waals surface area contributed by atoms with E-state index in [-0.39, 0.29) is 18.2 Å². The highest BCUT2D eigenvalue weighted by Crippen LogP contribution is 2.29. The number of carbonyl (C=O) groups is 2. The summed E-state index contributed by atoms with van der Waals surface area (Å²) in [4.78, 5) is 26.3. The van der Waals surface area contributed by atoms with Gasteiger partial charge in [0.1, 0.15) is 11.8 Å². The smallest absolute Gasteiger partial charge is 0.256 e. The summed E-state index contributed by atoms with van der Waals surface area (Å²) in [5, 5.41) is 3.13. The van der Waals surface area contributed by atoms with Crippen molar-refractivity contribution in [3.8, 4) is 5.75 Å². The number of methoxy groups -OCH3 is 1. The summed E-state index contributed by atoms with van der Waals surface area (Å²) in [5.41, 5.74) is 2.49. The van der Waals surface area contributed by atoms with Gasteiger partial charge in [-0.25, -0.2) is 4.90 Å². The van der Waals surface area contributed by atoms with Crippen molar-refractivity contribution in [2.45, 2.75) is 25.8 Å². The Morgan fingerprint density at radius 2 is 1.83 bits per heavy atom. The monoisotopic (exact) mass is 324 g/mol. The summed E-state index contributed by atoms with van der Waals surface area (Å²) in [6, 6.07) is 14.3. The second kappa shape index (κ2) is 6.74. The number of hydrogen-bond acceptors (Lipinski definition) is 4. The molecule has 0 unspecified atom stereocenters. The van der Waals surface area contributed by atoms with Crippen molar-refractivity contribution >= 4 is 23.2 Å². The third-order valence-corrected chi connectivity index (χ3v) is 4.19. The summed E-state index contributed by atoms with van der Waals surface area (Å²) in [5.74, 6) is 0.204. The van der Waals surface area contributed by atoms with Crippen LogP contribution in [-0.2, 0) is 16.0 Å². The molecule has 2 aromatic rings. The van der Waals surface area contributed by atoms with Gasteiger partial charge in [-0.05, 0) is 36.2 Å². The molecule has 1 aliphatic heterocycles. The van der Waals surface area contributed by atoms with Gasteiger partial charge >= 0.3 is 0 Å². The lowest BCUT2D eigenvalue weighted by Gasteiger charge is -2.17. The van der Waals surface area contributed by atoms with Gasteiger partial charge in [0, 0.05) is 0 Å². The fraction of sp³-hybridized carbons (Fsp3) is 0.263. The Balaban J connectivity index is 1.80. The molecule has 1 fully saturated rings. The summed E-state index contributed by atoms with van der Waals surface area (Å²) < 4.78 is 5.28. The van der Waals surface area contributed by atoms with E-state index in [9.17, 15) is 9.59 Å². The molecule has 1 N–H and O–H groups in total. The maximum Gasteiger partial charge on any atom is 0.256 e. The molecule has 5 heteroatoms. The van der Waals surface area contributed by atoms with Crippen molar-refractivity contribution in [2.75, 3.05) is 17.3 Å². The summed E-state index contributed by atoms with van der Waals surface area (Å²) in [7, 11) is 1.57. The molecule has 2 amide bonds. The number of carbonyl (C=O) groups excluding carboxylic acids is 2. The summed E-state index contributed by atoms with van der Waals surface area (Å²) in [6.45, 7) is 2.06. The average molecular weight is 324 g/mol. The third-order valence-electron chi connectivity index (χ3n) is 4.19. The van der Waals surface area contributed by atoms with Crippen LogP contribution in [0, 0.1) is 0 Å². The number of anilines is 2. The highest BCUT2D eigenvalue weighted by Gasteiger charge is 2.39. The molecule has 3 rings (SSSR count). The van der Waals surface area contributed by atoms with E-state index in [4.69, 9.17) is 4.74 Å². The number of aryl methyl sites for hydroxylation is 1. The third kappa shape index (κ3) is 2.97. The zero-order valence-electron chi connectivity index (χ0n) is 13.8. The Morgan fingerprint density at radius 3 is 2.50 bits per heavy atom. The Hall–Kier alpha value is -2.82. The molecule has 24 heavy (non-hydrogen) atoms. The number of nitrogens with one attached hydrogen (secondary N) is 1. The predicted molar refractivity (Wildman–Crippen MR) is 93.3 cm³/mol. The van der Waals surface area contributed by atoms with Crippen molar-refractivity contribution in [1.82, 2.24) is 0 Å². The van der Waals surface area contributed by atoms with Gasteiger partial charge in [0.2, 0.25) is 5.91 Å². The van der Waals surface area contributed by atoms with E-state index in [1.54, 1.807) is 7.11 Å². The van der Waals surface area contributed by atoms with E-state index >= 15 is 0 Å². The van der Waals surface area contributed by atoms with Crippen molar-refractivity contribution in [2.24, 2.45) is 0 Å². The van der Waals surface area contributed by atoms with Gasteiger partial charge in [0.05, 0.1) is 24.9 Å². The summed E-state index contributed by atoms with van der Waals surface area (Å²) >= 11 is 0. The second-order valence-corrected chi connectivity index (χ2v) is 5.69. The molecule has 0 saturated carbocycles. The molecule has 1 heterocycles. The number of amides is 2. The van der Waals surface area contributed by atoms with Crippen molar-refractivity contribution < 1.29 is 14.3 Å². The standard InChI is InChI=1S/C19H20N2O3/c1-3-13-8-10-14(11-9-13)21-18(22)12-16(19(21)23)20-15-6-4-5-7-17(15)24-2/h4-11,16,20H,3,12H2,1-2H3/t16-/m1/s1. The first-order chi connectivity index (χ1) is 11.6. The zero-order valence-corrected chi connectivity index (χ0v) is 13.8. The molecule has 1 aliphatic rings. The first-order valence-electron chi connectivity index (χ1n) is 7.99. The Bertz CT molecular complexity index is 755. The minimum atomic E-state index is -0.584. The van der Waals surface area contributed by atoms with Gasteiger partial charge in [0.15, 0.2) is 0 Å². The molecular formula is C19H20N2O3.